The second-order valence-electron chi connectivity index (χ2n) is 9.63. The number of carbonyl (C=O) groups is 1. The fourth-order valence-electron chi connectivity index (χ4n) is 4.29. The minimum Gasteiger partial charge on any atom is -0.481 e. The molecule has 0 radical (unpaired) electrons. The normalized spacial score (nSPS) is 10.7. The Morgan fingerprint density at radius 1 is 0.588 bits per heavy atom. The van der Waals surface area contributed by atoms with Gasteiger partial charge in [-0.3, -0.25) is 4.79 Å². The average Bonchev–Trinajstić information content (AvgIpc) is 2.86. The van der Waals surface area contributed by atoms with Crippen LogP contribution < -0.4 is 0 Å². The van der Waals surface area contributed by atoms with Gasteiger partial charge in [0.25, 0.3) is 0 Å². The summed E-state index contributed by atoms with van der Waals surface area (Å²) in [5.41, 5.74) is 0. The highest BCUT2D eigenvalue weighted by atomic mass is 16.4. The summed E-state index contributed by atoms with van der Waals surface area (Å²) in [6, 6.07) is 8.02. The molecule has 0 aliphatic heterocycles. The molecule has 0 saturated carbocycles. The van der Waals surface area contributed by atoms with Gasteiger partial charge in [0, 0.05) is 17.2 Å². The Morgan fingerprint density at radius 2 is 0.912 bits per heavy atom. The lowest BCUT2D eigenvalue weighted by molar-refractivity contribution is -0.137. The van der Waals surface area contributed by atoms with Crippen LogP contribution in [0.5, 0.6) is 0 Å². The molecule has 0 atom stereocenters. The lowest BCUT2D eigenvalue weighted by atomic mass is 10.0. The Balaban J connectivity index is 0.000000469. The second-order valence-corrected chi connectivity index (χ2v) is 9.63. The SMILES string of the molecule is CCCCCCCCCCCCCCCCCCCCCC(=O)O.c1ccc2cnncc2c1. The molecule has 4 nitrogen and oxygen atoms in total. The Hall–Kier alpha value is -1.97. The lowest BCUT2D eigenvalue weighted by Crippen LogP contribution is -1.93. The summed E-state index contributed by atoms with van der Waals surface area (Å²) < 4.78 is 0. The Morgan fingerprint density at radius 3 is 1.24 bits per heavy atom. The van der Waals surface area contributed by atoms with Gasteiger partial charge >= 0.3 is 5.97 Å². The van der Waals surface area contributed by atoms with Crippen LogP contribution in [0.1, 0.15) is 135 Å². The zero-order valence-corrected chi connectivity index (χ0v) is 21.9. The number of unbranched alkanes of at least 4 members (excludes halogenated alkanes) is 18. The molecule has 1 heterocycles. The van der Waals surface area contributed by atoms with Crippen LogP contribution in [0, 0.1) is 0 Å². The van der Waals surface area contributed by atoms with Crippen molar-refractivity contribution in [2.45, 2.75) is 135 Å². The van der Waals surface area contributed by atoms with E-state index >= 15 is 0 Å². The highest BCUT2D eigenvalue weighted by Gasteiger charge is 1.97. The molecule has 2 aromatic rings. The number of aliphatic carboxylic acids is 1. The van der Waals surface area contributed by atoms with Crippen LogP contribution in [0.4, 0.5) is 0 Å². The third kappa shape index (κ3) is 18.5. The van der Waals surface area contributed by atoms with Crippen LogP contribution in [0.25, 0.3) is 10.8 Å². The molecule has 0 aliphatic carbocycles. The van der Waals surface area contributed by atoms with E-state index in [4.69, 9.17) is 5.11 Å². The maximum Gasteiger partial charge on any atom is 0.303 e. The number of rotatable bonds is 20. The summed E-state index contributed by atoms with van der Waals surface area (Å²) in [6.45, 7) is 2.28. The van der Waals surface area contributed by atoms with Crippen LogP contribution in [-0.2, 0) is 4.79 Å². The Kier molecular flexibility index (Phi) is 20.2. The molecule has 0 amide bonds. The highest BCUT2D eigenvalue weighted by molar-refractivity contribution is 5.80. The average molecular weight is 471 g/mol. The van der Waals surface area contributed by atoms with E-state index in [2.05, 4.69) is 17.1 Å². The molecule has 4 heteroatoms. The number of carboxylic acid groups (broad SMARTS) is 1. The second kappa shape index (κ2) is 22.8. The van der Waals surface area contributed by atoms with Gasteiger partial charge in [-0.2, -0.15) is 10.2 Å². The van der Waals surface area contributed by atoms with Gasteiger partial charge in [0.15, 0.2) is 0 Å². The number of benzene rings is 1. The largest absolute Gasteiger partial charge is 0.481 e. The summed E-state index contributed by atoms with van der Waals surface area (Å²) in [4.78, 5) is 10.4. The van der Waals surface area contributed by atoms with Crippen molar-refractivity contribution in [3.05, 3.63) is 36.7 Å². The summed E-state index contributed by atoms with van der Waals surface area (Å²) in [6.07, 6.45) is 29.6. The molecular weight excluding hydrogens is 420 g/mol. The zero-order chi connectivity index (χ0) is 24.5. The highest BCUT2D eigenvalue weighted by Crippen LogP contribution is 2.14. The van der Waals surface area contributed by atoms with Crippen molar-refractivity contribution in [1.82, 2.24) is 10.2 Å². The maximum atomic E-state index is 10.4. The topological polar surface area (TPSA) is 63.1 Å². The van der Waals surface area contributed by atoms with E-state index in [0.717, 1.165) is 23.6 Å². The van der Waals surface area contributed by atoms with E-state index in [0.29, 0.717) is 6.42 Å². The molecule has 0 spiro atoms. The fraction of sp³-hybridized carbons (Fsp3) is 0.700. The van der Waals surface area contributed by atoms with E-state index in [1.165, 1.54) is 109 Å². The molecule has 0 unspecified atom stereocenters. The minimum absolute atomic E-state index is 0.346. The first kappa shape index (κ1) is 30.1. The fourth-order valence-corrected chi connectivity index (χ4v) is 4.29. The maximum absolute atomic E-state index is 10.4. The summed E-state index contributed by atoms with van der Waals surface area (Å²) in [5.74, 6) is -0.651. The number of fused-ring (bicyclic) bond motifs is 1. The number of carboxylic acids is 1. The van der Waals surface area contributed by atoms with E-state index in [9.17, 15) is 4.79 Å². The predicted octanol–water partition coefficient (Wildman–Crippen LogP) is 9.52. The first-order valence-corrected chi connectivity index (χ1v) is 14.1. The monoisotopic (exact) mass is 470 g/mol. The van der Waals surface area contributed by atoms with Crippen LogP contribution in [0.15, 0.2) is 36.7 Å². The quantitative estimate of drug-likeness (QED) is 0.196. The molecule has 0 fully saturated rings. The van der Waals surface area contributed by atoms with Crippen molar-refractivity contribution in [2.75, 3.05) is 0 Å². The number of aromatic nitrogens is 2. The first-order valence-electron chi connectivity index (χ1n) is 14.1. The van der Waals surface area contributed by atoms with Crippen LogP contribution in [0.3, 0.4) is 0 Å². The van der Waals surface area contributed by atoms with Crippen LogP contribution in [0.2, 0.25) is 0 Å². The molecule has 2 rings (SSSR count). The van der Waals surface area contributed by atoms with Gasteiger partial charge in [0.2, 0.25) is 0 Å². The van der Waals surface area contributed by atoms with Crippen molar-refractivity contribution in [3.8, 4) is 0 Å². The Labute approximate surface area is 209 Å². The molecule has 0 aliphatic rings. The Bertz CT molecular complexity index is 654. The van der Waals surface area contributed by atoms with Crippen molar-refractivity contribution < 1.29 is 9.90 Å². The summed E-state index contributed by atoms with van der Waals surface area (Å²) >= 11 is 0. The van der Waals surface area contributed by atoms with Gasteiger partial charge in [0.05, 0.1) is 12.4 Å². The van der Waals surface area contributed by atoms with Gasteiger partial charge < -0.3 is 5.11 Å². The summed E-state index contributed by atoms with van der Waals surface area (Å²) in [5, 5.41) is 18.4. The van der Waals surface area contributed by atoms with Gasteiger partial charge in [-0.05, 0) is 6.42 Å². The standard InChI is InChI=1S/C22H44O2.C8H6N2/c1-2-3-4-5-6-7-8-9-10-11-12-13-14-15-16-17-18-19-20-21-22(23)24;1-2-4-8-6-10-9-5-7(8)3-1/h2-21H2,1H3,(H,23,24);1-6H. The molecule has 1 N–H and O–H groups in total. The van der Waals surface area contributed by atoms with Gasteiger partial charge in [0.1, 0.15) is 0 Å². The smallest absolute Gasteiger partial charge is 0.303 e. The van der Waals surface area contributed by atoms with E-state index in [-0.39, 0.29) is 0 Å². The minimum atomic E-state index is -0.651. The van der Waals surface area contributed by atoms with Gasteiger partial charge in [-0.15, -0.1) is 0 Å². The molecule has 1 aromatic heterocycles. The molecular formula is C30H50N2O2. The molecule has 0 saturated heterocycles. The van der Waals surface area contributed by atoms with Crippen LogP contribution >= 0.6 is 0 Å². The third-order valence-corrected chi connectivity index (χ3v) is 6.45. The predicted molar refractivity (Wildman–Crippen MR) is 145 cm³/mol. The number of nitrogens with zero attached hydrogens (tertiary/aromatic N) is 2. The van der Waals surface area contributed by atoms with Crippen molar-refractivity contribution >= 4 is 16.7 Å². The molecule has 192 valence electrons. The number of hydrogen-bond acceptors (Lipinski definition) is 3. The van der Waals surface area contributed by atoms with Crippen LogP contribution in [-0.4, -0.2) is 21.3 Å². The van der Waals surface area contributed by atoms with Gasteiger partial charge in [-0.1, -0.05) is 147 Å². The summed E-state index contributed by atoms with van der Waals surface area (Å²) in [7, 11) is 0. The first-order chi connectivity index (χ1) is 16.7. The molecule has 34 heavy (non-hydrogen) atoms. The zero-order valence-electron chi connectivity index (χ0n) is 21.9. The van der Waals surface area contributed by atoms with Crippen molar-refractivity contribution in [2.24, 2.45) is 0 Å². The third-order valence-electron chi connectivity index (χ3n) is 6.45. The van der Waals surface area contributed by atoms with E-state index < -0.39 is 5.97 Å². The van der Waals surface area contributed by atoms with Crippen molar-refractivity contribution in [3.63, 3.8) is 0 Å². The lowest BCUT2D eigenvalue weighted by Gasteiger charge is -2.03. The number of hydrogen-bond donors (Lipinski definition) is 1. The molecule has 0 bridgehead atoms. The van der Waals surface area contributed by atoms with Crippen molar-refractivity contribution in [1.29, 1.82) is 0 Å². The van der Waals surface area contributed by atoms with E-state index in [1.807, 2.05) is 24.3 Å². The molecule has 1 aromatic carbocycles. The van der Waals surface area contributed by atoms with E-state index in [1.54, 1.807) is 12.4 Å². The van der Waals surface area contributed by atoms with Gasteiger partial charge in [-0.25, -0.2) is 0 Å².